The van der Waals surface area contributed by atoms with Gasteiger partial charge in [0.2, 0.25) is 0 Å². The molecular formula is C17H17FN2O3. The molecule has 1 aliphatic carbocycles. The molecule has 1 aromatic heterocycles. The van der Waals surface area contributed by atoms with Gasteiger partial charge in [0.25, 0.3) is 5.91 Å². The standard InChI is InChI=1S/C17H17FN2O3/c18-11-3-4-15-12(8-11)13(5-6-22-15)20-17(21)14-9-23-16(19-14)7-10-1-2-10/h3-4,8-10,13H,1-2,5-7H2,(H,20,21)/t13-/m0/s1. The number of rotatable bonds is 4. The highest BCUT2D eigenvalue weighted by atomic mass is 19.1. The number of hydrogen-bond acceptors (Lipinski definition) is 4. The predicted molar refractivity (Wildman–Crippen MR) is 79.7 cm³/mol. The van der Waals surface area contributed by atoms with Gasteiger partial charge in [-0.15, -0.1) is 0 Å². The largest absolute Gasteiger partial charge is 0.493 e. The van der Waals surface area contributed by atoms with Crippen molar-refractivity contribution in [3.63, 3.8) is 0 Å². The van der Waals surface area contributed by atoms with Gasteiger partial charge in [-0.3, -0.25) is 4.79 Å². The molecule has 1 atom stereocenters. The number of amides is 1. The Morgan fingerprint density at radius 1 is 1.35 bits per heavy atom. The lowest BCUT2D eigenvalue weighted by Gasteiger charge is -2.26. The lowest BCUT2D eigenvalue weighted by molar-refractivity contribution is 0.0919. The molecule has 1 fully saturated rings. The third-order valence-electron chi connectivity index (χ3n) is 4.26. The van der Waals surface area contributed by atoms with E-state index in [9.17, 15) is 9.18 Å². The molecule has 1 amide bonds. The summed E-state index contributed by atoms with van der Waals surface area (Å²) < 4.78 is 24.3. The number of ether oxygens (including phenoxy) is 1. The summed E-state index contributed by atoms with van der Waals surface area (Å²) in [7, 11) is 0. The van der Waals surface area contributed by atoms with Crippen molar-refractivity contribution in [2.45, 2.75) is 31.7 Å². The third kappa shape index (κ3) is 3.06. The highest BCUT2D eigenvalue weighted by Crippen LogP contribution is 2.33. The number of hydrogen-bond donors (Lipinski definition) is 1. The molecule has 1 N–H and O–H groups in total. The van der Waals surface area contributed by atoms with Crippen LogP contribution in [0, 0.1) is 11.7 Å². The summed E-state index contributed by atoms with van der Waals surface area (Å²) in [6, 6.07) is 4.06. The Balaban J connectivity index is 1.48. The van der Waals surface area contributed by atoms with Gasteiger partial charge in [-0.05, 0) is 37.0 Å². The van der Waals surface area contributed by atoms with Crippen LogP contribution < -0.4 is 10.1 Å². The molecule has 4 rings (SSSR count). The number of halogens is 1. The lowest BCUT2D eigenvalue weighted by Crippen LogP contribution is -2.32. The van der Waals surface area contributed by atoms with Crippen LogP contribution in [0.2, 0.25) is 0 Å². The maximum atomic E-state index is 13.5. The second kappa shape index (κ2) is 5.68. The number of carbonyl (C=O) groups excluding carboxylic acids is 1. The Morgan fingerprint density at radius 2 is 2.22 bits per heavy atom. The molecule has 0 saturated heterocycles. The minimum absolute atomic E-state index is 0.269. The first kappa shape index (κ1) is 14.2. The molecule has 0 spiro atoms. The van der Waals surface area contributed by atoms with Crippen LogP contribution in [0.4, 0.5) is 4.39 Å². The Hall–Kier alpha value is -2.37. The topological polar surface area (TPSA) is 64.4 Å². The molecule has 120 valence electrons. The molecule has 1 saturated carbocycles. The summed E-state index contributed by atoms with van der Waals surface area (Å²) in [5.41, 5.74) is 0.927. The summed E-state index contributed by atoms with van der Waals surface area (Å²) in [4.78, 5) is 16.6. The van der Waals surface area contributed by atoms with Crippen molar-refractivity contribution in [2.24, 2.45) is 5.92 Å². The number of nitrogens with zero attached hydrogens (tertiary/aromatic N) is 1. The van der Waals surface area contributed by atoms with E-state index < -0.39 is 0 Å². The number of oxazole rings is 1. The fraction of sp³-hybridized carbons (Fsp3) is 0.412. The van der Waals surface area contributed by atoms with Crippen LogP contribution in [0.5, 0.6) is 5.75 Å². The van der Waals surface area contributed by atoms with Crippen molar-refractivity contribution >= 4 is 5.91 Å². The Morgan fingerprint density at radius 3 is 3.04 bits per heavy atom. The fourth-order valence-electron chi connectivity index (χ4n) is 2.83. The van der Waals surface area contributed by atoms with Gasteiger partial charge in [-0.1, -0.05) is 0 Å². The van der Waals surface area contributed by atoms with Crippen LogP contribution >= 0.6 is 0 Å². The molecular weight excluding hydrogens is 299 g/mol. The van der Waals surface area contributed by atoms with E-state index in [1.165, 1.54) is 31.2 Å². The summed E-state index contributed by atoms with van der Waals surface area (Å²) in [6.07, 6.45) is 5.18. The van der Waals surface area contributed by atoms with E-state index in [2.05, 4.69) is 10.3 Å². The first-order chi connectivity index (χ1) is 11.2. The molecule has 2 heterocycles. The van der Waals surface area contributed by atoms with Crippen molar-refractivity contribution in [3.05, 3.63) is 47.4 Å². The number of nitrogens with one attached hydrogen (secondary N) is 1. The van der Waals surface area contributed by atoms with E-state index in [-0.39, 0.29) is 23.5 Å². The number of fused-ring (bicyclic) bond motifs is 1. The molecule has 2 aliphatic rings. The van der Waals surface area contributed by atoms with E-state index >= 15 is 0 Å². The number of benzene rings is 1. The molecule has 0 unspecified atom stereocenters. The van der Waals surface area contributed by atoms with Crippen molar-refractivity contribution in [1.82, 2.24) is 10.3 Å². The molecule has 23 heavy (non-hydrogen) atoms. The van der Waals surface area contributed by atoms with Crippen LogP contribution in [0.1, 0.15) is 47.2 Å². The maximum absolute atomic E-state index is 13.5. The minimum Gasteiger partial charge on any atom is -0.493 e. The number of carbonyl (C=O) groups is 1. The average molecular weight is 316 g/mol. The van der Waals surface area contributed by atoms with Gasteiger partial charge in [0.05, 0.1) is 12.6 Å². The van der Waals surface area contributed by atoms with Gasteiger partial charge >= 0.3 is 0 Å². The third-order valence-corrected chi connectivity index (χ3v) is 4.26. The zero-order valence-corrected chi connectivity index (χ0v) is 12.5. The SMILES string of the molecule is O=C(N[C@H]1CCOc2ccc(F)cc21)c1coc(CC2CC2)n1. The predicted octanol–water partition coefficient (Wildman–Crippen LogP) is 3.02. The van der Waals surface area contributed by atoms with Gasteiger partial charge < -0.3 is 14.5 Å². The molecule has 2 aromatic rings. The Labute approximate surface area is 132 Å². The molecule has 5 nitrogen and oxygen atoms in total. The molecule has 6 heteroatoms. The Kier molecular flexibility index (Phi) is 3.52. The summed E-state index contributed by atoms with van der Waals surface area (Å²) in [5.74, 6) is 1.21. The van der Waals surface area contributed by atoms with Gasteiger partial charge in [-0.25, -0.2) is 9.37 Å². The van der Waals surface area contributed by atoms with E-state index in [1.54, 1.807) is 6.07 Å². The van der Waals surface area contributed by atoms with Crippen LogP contribution in [0.3, 0.4) is 0 Å². The smallest absolute Gasteiger partial charge is 0.273 e. The molecule has 0 bridgehead atoms. The quantitative estimate of drug-likeness (QED) is 0.941. The van der Waals surface area contributed by atoms with Crippen LogP contribution in [-0.4, -0.2) is 17.5 Å². The van der Waals surface area contributed by atoms with Gasteiger partial charge in [0.15, 0.2) is 11.6 Å². The molecule has 1 aromatic carbocycles. The summed E-state index contributed by atoms with van der Waals surface area (Å²) >= 11 is 0. The second-order valence-electron chi connectivity index (χ2n) is 6.12. The summed E-state index contributed by atoms with van der Waals surface area (Å²) in [6.45, 7) is 0.481. The highest BCUT2D eigenvalue weighted by molar-refractivity contribution is 5.92. The molecule has 0 radical (unpaired) electrons. The van der Waals surface area contributed by atoms with Gasteiger partial charge in [0, 0.05) is 18.4 Å². The lowest BCUT2D eigenvalue weighted by atomic mass is 10.0. The normalized spacial score (nSPS) is 19.8. The van der Waals surface area contributed by atoms with E-state index in [4.69, 9.17) is 9.15 Å². The number of aromatic nitrogens is 1. The van der Waals surface area contributed by atoms with Crippen molar-refractivity contribution in [3.8, 4) is 5.75 Å². The van der Waals surface area contributed by atoms with Crippen LogP contribution in [0.15, 0.2) is 28.9 Å². The first-order valence-electron chi connectivity index (χ1n) is 7.86. The van der Waals surface area contributed by atoms with Crippen molar-refractivity contribution < 1.29 is 18.3 Å². The first-order valence-corrected chi connectivity index (χ1v) is 7.86. The average Bonchev–Trinajstić information content (AvgIpc) is 3.22. The van der Waals surface area contributed by atoms with E-state index in [0.29, 0.717) is 36.1 Å². The van der Waals surface area contributed by atoms with Crippen molar-refractivity contribution in [1.29, 1.82) is 0 Å². The maximum Gasteiger partial charge on any atom is 0.273 e. The van der Waals surface area contributed by atoms with Gasteiger partial charge in [0.1, 0.15) is 17.8 Å². The minimum atomic E-state index is -0.346. The van der Waals surface area contributed by atoms with Crippen molar-refractivity contribution in [2.75, 3.05) is 6.61 Å². The second-order valence-corrected chi connectivity index (χ2v) is 6.12. The Bertz CT molecular complexity index is 739. The molecule has 1 aliphatic heterocycles. The zero-order chi connectivity index (χ0) is 15.8. The van der Waals surface area contributed by atoms with Gasteiger partial charge in [-0.2, -0.15) is 0 Å². The van der Waals surface area contributed by atoms with Crippen LogP contribution in [-0.2, 0) is 6.42 Å². The monoisotopic (exact) mass is 316 g/mol. The summed E-state index contributed by atoms with van der Waals surface area (Å²) in [5, 5.41) is 2.89. The highest BCUT2D eigenvalue weighted by Gasteiger charge is 2.27. The zero-order valence-electron chi connectivity index (χ0n) is 12.5. The van der Waals surface area contributed by atoms with Crippen LogP contribution in [0.25, 0.3) is 0 Å². The van der Waals surface area contributed by atoms with E-state index in [1.807, 2.05) is 0 Å². The fourth-order valence-corrected chi connectivity index (χ4v) is 2.83. The van der Waals surface area contributed by atoms with E-state index in [0.717, 1.165) is 6.42 Å².